The number of aliphatic carboxylic acids is 1. The molecule has 0 saturated heterocycles. The van der Waals surface area contributed by atoms with Gasteiger partial charge in [-0.25, -0.2) is 9.18 Å². The molecule has 0 aliphatic heterocycles. The Balaban J connectivity index is 1.66. The molecule has 0 spiro atoms. The fraction of sp³-hybridized carbons (Fsp3) is 0.179. The van der Waals surface area contributed by atoms with Gasteiger partial charge in [0.2, 0.25) is 0 Å². The number of hydrogen-bond donors (Lipinski definition) is 1. The van der Waals surface area contributed by atoms with Crippen LogP contribution in [0, 0.1) is 5.82 Å². The maximum atomic E-state index is 14.5. The van der Waals surface area contributed by atoms with Crippen molar-refractivity contribution in [3.05, 3.63) is 101 Å². The van der Waals surface area contributed by atoms with Crippen molar-refractivity contribution in [3.8, 4) is 11.1 Å². The monoisotopic (exact) mass is 425 g/mol. The summed E-state index contributed by atoms with van der Waals surface area (Å²) in [7, 11) is 0. The first-order chi connectivity index (χ1) is 15.6. The number of hydrogen-bond acceptors (Lipinski definition) is 1. The quantitative estimate of drug-likeness (QED) is 0.372. The molecule has 0 unspecified atom stereocenters. The minimum absolute atomic E-state index is 0.334. The van der Waals surface area contributed by atoms with Crippen LogP contribution < -0.4 is 0 Å². The number of aromatic nitrogens is 1. The number of carbonyl (C=O) groups is 1. The molecule has 0 saturated carbocycles. The van der Waals surface area contributed by atoms with Gasteiger partial charge in [-0.3, -0.25) is 0 Å². The summed E-state index contributed by atoms with van der Waals surface area (Å²) in [6, 6.07) is 21.8. The number of aryl methyl sites for hydroxylation is 1. The summed E-state index contributed by atoms with van der Waals surface area (Å²) in [4.78, 5) is 11.1. The number of carboxylic acid groups (broad SMARTS) is 1. The van der Waals surface area contributed by atoms with E-state index in [1.807, 2.05) is 18.2 Å². The van der Waals surface area contributed by atoms with Crippen molar-refractivity contribution >= 4 is 22.9 Å². The number of carboxylic acids is 1. The maximum absolute atomic E-state index is 14.5. The lowest BCUT2D eigenvalue weighted by atomic mass is 9.95. The van der Waals surface area contributed by atoms with Gasteiger partial charge in [0.25, 0.3) is 0 Å². The summed E-state index contributed by atoms with van der Waals surface area (Å²) >= 11 is 0. The SMILES string of the molecule is O=C(O)/C=C/c1cc(F)cc2c3c(n(Cc4cccc(-c5ccccc5)c4)c12)CCCC3. The molecule has 32 heavy (non-hydrogen) atoms. The highest BCUT2D eigenvalue weighted by Gasteiger charge is 2.22. The molecular weight excluding hydrogens is 401 g/mol. The van der Waals surface area contributed by atoms with Crippen molar-refractivity contribution in [2.24, 2.45) is 0 Å². The van der Waals surface area contributed by atoms with Gasteiger partial charge in [0.1, 0.15) is 5.82 Å². The lowest BCUT2D eigenvalue weighted by Gasteiger charge is -2.17. The van der Waals surface area contributed by atoms with E-state index >= 15 is 0 Å². The van der Waals surface area contributed by atoms with E-state index in [0.29, 0.717) is 12.1 Å². The second kappa shape index (κ2) is 8.46. The molecule has 160 valence electrons. The van der Waals surface area contributed by atoms with Crippen molar-refractivity contribution in [1.29, 1.82) is 0 Å². The molecule has 1 aliphatic carbocycles. The first-order valence-electron chi connectivity index (χ1n) is 11.0. The molecule has 0 atom stereocenters. The van der Waals surface area contributed by atoms with Gasteiger partial charge in [-0.05, 0) is 72.2 Å². The third kappa shape index (κ3) is 3.84. The number of nitrogens with zero attached hydrogens (tertiary/aromatic N) is 1. The Labute approximate surface area is 186 Å². The third-order valence-corrected chi connectivity index (χ3v) is 6.24. The molecule has 3 nitrogen and oxygen atoms in total. The molecule has 3 aromatic carbocycles. The first-order valence-corrected chi connectivity index (χ1v) is 11.0. The fourth-order valence-corrected chi connectivity index (χ4v) is 4.89. The predicted molar refractivity (Wildman–Crippen MR) is 126 cm³/mol. The van der Waals surface area contributed by atoms with Gasteiger partial charge in [0, 0.05) is 29.3 Å². The molecule has 1 aliphatic rings. The smallest absolute Gasteiger partial charge is 0.328 e. The van der Waals surface area contributed by atoms with Crippen LogP contribution in [0.2, 0.25) is 0 Å². The van der Waals surface area contributed by atoms with Gasteiger partial charge in [-0.2, -0.15) is 0 Å². The van der Waals surface area contributed by atoms with Crippen LogP contribution in [0.1, 0.15) is 35.2 Å². The van der Waals surface area contributed by atoms with Crippen molar-refractivity contribution in [2.45, 2.75) is 32.2 Å². The molecule has 0 fully saturated rings. The Kier molecular flexibility index (Phi) is 5.36. The molecule has 5 rings (SSSR count). The Bertz CT molecular complexity index is 1330. The van der Waals surface area contributed by atoms with Gasteiger partial charge in [0.05, 0.1) is 5.52 Å². The number of benzene rings is 3. The van der Waals surface area contributed by atoms with Crippen LogP contribution in [0.25, 0.3) is 28.1 Å². The van der Waals surface area contributed by atoms with Gasteiger partial charge >= 0.3 is 5.97 Å². The predicted octanol–water partition coefficient (Wildman–Crippen LogP) is 6.47. The number of fused-ring (bicyclic) bond motifs is 3. The Morgan fingerprint density at radius 3 is 2.56 bits per heavy atom. The van der Waals surface area contributed by atoms with Gasteiger partial charge in [0.15, 0.2) is 0 Å². The molecular formula is C28H24FNO2. The highest BCUT2D eigenvalue weighted by Crippen LogP contribution is 2.36. The van der Waals surface area contributed by atoms with Crippen LogP contribution >= 0.6 is 0 Å². The molecule has 4 aromatic rings. The van der Waals surface area contributed by atoms with Crippen molar-refractivity contribution in [3.63, 3.8) is 0 Å². The molecule has 0 bridgehead atoms. The number of rotatable bonds is 5. The van der Waals surface area contributed by atoms with Crippen LogP contribution in [0.15, 0.2) is 72.8 Å². The van der Waals surface area contributed by atoms with Gasteiger partial charge < -0.3 is 9.67 Å². The van der Waals surface area contributed by atoms with E-state index in [0.717, 1.165) is 53.8 Å². The van der Waals surface area contributed by atoms with Crippen LogP contribution in [0.4, 0.5) is 4.39 Å². The van der Waals surface area contributed by atoms with Crippen LogP contribution in [0.5, 0.6) is 0 Å². The summed E-state index contributed by atoms with van der Waals surface area (Å²) in [6.07, 6.45) is 6.67. The standard InChI is InChI=1S/C28H24FNO2/c29-23-16-22(13-14-27(31)32)28-25(17-23)24-11-4-5-12-26(24)30(28)18-19-7-6-10-21(15-19)20-8-2-1-3-9-20/h1-3,6-10,13-17H,4-5,11-12,18H2,(H,31,32)/b14-13+. The molecule has 0 radical (unpaired) electrons. The zero-order chi connectivity index (χ0) is 22.1. The van der Waals surface area contributed by atoms with E-state index in [1.54, 1.807) is 6.07 Å². The maximum Gasteiger partial charge on any atom is 0.328 e. The third-order valence-electron chi connectivity index (χ3n) is 6.24. The molecule has 4 heteroatoms. The topological polar surface area (TPSA) is 42.2 Å². The molecule has 1 aromatic heterocycles. The summed E-state index contributed by atoms with van der Waals surface area (Å²) in [6.45, 7) is 0.659. The molecule has 1 heterocycles. The summed E-state index contributed by atoms with van der Waals surface area (Å²) in [5.74, 6) is -1.38. The minimum atomic E-state index is -1.04. The zero-order valence-electron chi connectivity index (χ0n) is 17.7. The van der Waals surface area contributed by atoms with E-state index < -0.39 is 5.97 Å². The second-order valence-corrected chi connectivity index (χ2v) is 8.35. The van der Waals surface area contributed by atoms with E-state index in [2.05, 4.69) is 41.0 Å². The van der Waals surface area contributed by atoms with E-state index in [-0.39, 0.29) is 5.82 Å². The van der Waals surface area contributed by atoms with Crippen LogP contribution in [-0.2, 0) is 24.2 Å². The Hall–Kier alpha value is -3.66. The summed E-state index contributed by atoms with van der Waals surface area (Å²) < 4.78 is 16.8. The summed E-state index contributed by atoms with van der Waals surface area (Å²) in [5, 5.41) is 10.0. The van der Waals surface area contributed by atoms with Crippen molar-refractivity contribution in [2.75, 3.05) is 0 Å². The molecule has 0 amide bonds. The second-order valence-electron chi connectivity index (χ2n) is 8.35. The van der Waals surface area contributed by atoms with Gasteiger partial charge in [-0.15, -0.1) is 0 Å². The number of halogens is 1. The van der Waals surface area contributed by atoms with Gasteiger partial charge in [-0.1, -0.05) is 48.5 Å². The minimum Gasteiger partial charge on any atom is -0.478 e. The van der Waals surface area contributed by atoms with Crippen molar-refractivity contribution < 1.29 is 14.3 Å². The Morgan fingerprint density at radius 1 is 0.969 bits per heavy atom. The largest absolute Gasteiger partial charge is 0.478 e. The normalized spacial score (nSPS) is 13.5. The average molecular weight is 426 g/mol. The zero-order valence-corrected chi connectivity index (χ0v) is 17.7. The first kappa shape index (κ1) is 20.3. The summed E-state index contributed by atoms with van der Waals surface area (Å²) in [5.41, 5.74) is 7.46. The molecule has 1 N–H and O–H groups in total. The van der Waals surface area contributed by atoms with E-state index in [4.69, 9.17) is 5.11 Å². The van der Waals surface area contributed by atoms with E-state index in [9.17, 15) is 9.18 Å². The highest BCUT2D eigenvalue weighted by molar-refractivity contribution is 5.95. The Morgan fingerprint density at radius 2 is 1.75 bits per heavy atom. The van der Waals surface area contributed by atoms with Crippen LogP contribution in [-0.4, -0.2) is 15.6 Å². The lowest BCUT2D eigenvalue weighted by Crippen LogP contribution is -2.09. The van der Waals surface area contributed by atoms with Crippen molar-refractivity contribution in [1.82, 2.24) is 4.57 Å². The highest BCUT2D eigenvalue weighted by atomic mass is 19.1. The average Bonchev–Trinajstić information content (AvgIpc) is 3.12. The van der Waals surface area contributed by atoms with E-state index in [1.165, 1.54) is 29.0 Å². The fourth-order valence-electron chi connectivity index (χ4n) is 4.89. The van der Waals surface area contributed by atoms with Crippen LogP contribution in [0.3, 0.4) is 0 Å². The lowest BCUT2D eigenvalue weighted by molar-refractivity contribution is -0.131.